The highest BCUT2D eigenvalue weighted by Crippen LogP contribution is 2.29. The van der Waals surface area contributed by atoms with Crippen LogP contribution in [0, 0.1) is 5.92 Å². The van der Waals surface area contributed by atoms with Crippen LogP contribution in [0.4, 0.5) is 0 Å². The van der Waals surface area contributed by atoms with Crippen LogP contribution in [0.25, 0.3) is 11.0 Å². The van der Waals surface area contributed by atoms with Gasteiger partial charge in [0.15, 0.2) is 0 Å². The van der Waals surface area contributed by atoms with Gasteiger partial charge < -0.3 is 9.73 Å². The van der Waals surface area contributed by atoms with Crippen molar-refractivity contribution in [3.05, 3.63) is 36.1 Å². The highest BCUT2D eigenvalue weighted by Gasteiger charge is 2.15. The lowest BCUT2D eigenvalue weighted by Gasteiger charge is -2.16. The van der Waals surface area contributed by atoms with Gasteiger partial charge in [0.25, 0.3) is 0 Å². The smallest absolute Gasteiger partial charge is 0.134 e. The fraction of sp³-hybridized carbons (Fsp3) is 0.467. The van der Waals surface area contributed by atoms with Gasteiger partial charge in [-0.05, 0) is 31.9 Å². The molecule has 2 heteroatoms. The molecule has 1 heterocycles. The first-order valence-electron chi connectivity index (χ1n) is 6.35. The van der Waals surface area contributed by atoms with E-state index >= 15 is 0 Å². The Hall–Kier alpha value is -1.28. The van der Waals surface area contributed by atoms with Crippen molar-refractivity contribution in [1.82, 2.24) is 5.32 Å². The van der Waals surface area contributed by atoms with Crippen LogP contribution in [0.2, 0.25) is 0 Å². The minimum Gasteiger partial charge on any atom is -0.464 e. The number of fused-ring (bicyclic) bond motifs is 1. The van der Waals surface area contributed by atoms with E-state index in [9.17, 15) is 0 Å². The zero-order valence-corrected chi connectivity index (χ0v) is 10.9. The zero-order chi connectivity index (χ0) is 12.3. The van der Waals surface area contributed by atoms with Gasteiger partial charge in [0.2, 0.25) is 0 Å². The number of furan rings is 1. The largest absolute Gasteiger partial charge is 0.464 e. The molecule has 1 atom stereocenters. The van der Waals surface area contributed by atoms with E-state index in [-0.39, 0.29) is 0 Å². The molecule has 0 aliphatic rings. The molecule has 0 spiro atoms. The Morgan fingerprint density at radius 1 is 1.18 bits per heavy atom. The van der Waals surface area contributed by atoms with E-state index < -0.39 is 0 Å². The number of nitrogens with one attached hydrogen (secondary N) is 1. The maximum Gasteiger partial charge on any atom is 0.134 e. The van der Waals surface area contributed by atoms with Crippen LogP contribution in [0.1, 0.15) is 38.3 Å². The monoisotopic (exact) mass is 231 g/mol. The number of rotatable bonds is 5. The molecule has 0 amide bonds. The van der Waals surface area contributed by atoms with Gasteiger partial charge in [-0.2, -0.15) is 0 Å². The van der Waals surface area contributed by atoms with Gasteiger partial charge in [-0.3, -0.25) is 0 Å². The van der Waals surface area contributed by atoms with Crippen molar-refractivity contribution in [2.24, 2.45) is 5.92 Å². The Morgan fingerprint density at radius 3 is 2.65 bits per heavy atom. The van der Waals surface area contributed by atoms with Gasteiger partial charge >= 0.3 is 0 Å². The predicted octanol–water partition coefficient (Wildman–Crippen LogP) is 4.13. The van der Waals surface area contributed by atoms with Crippen LogP contribution in [-0.4, -0.2) is 7.05 Å². The van der Waals surface area contributed by atoms with Crippen molar-refractivity contribution >= 4 is 11.0 Å². The maximum atomic E-state index is 5.60. The second-order valence-corrected chi connectivity index (χ2v) is 5.00. The average molecular weight is 231 g/mol. The zero-order valence-electron chi connectivity index (χ0n) is 10.9. The lowest BCUT2D eigenvalue weighted by Crippen LogP contribution is -2.16. The lowest BCUT2D eigenvalue weighted by molar-refractivity contribution is 0.462. The van der Waals surface area contributed by atoms with Crippen molar-refractivity contribution in [3.8, 4) is 0 Å². The Kier molecular flexibility index (Phi) is 3.85. The third kappa shape index (κ3) is 2.70. The summed E-state index contributed by atoms with van der Waals surface area (Å²) in [7, 11) is 2.02. The Morgan fingerprint density at radius 2 is 1.94 bits per heavy atom. The summed E-state index contributed by atoms with van der Waals surface area (Å²) in [5.41, 5.74) is 2.26. The van der Waals surface area contributed by atoms with Crippen LogP contribution in [-0.2, 0) is 0 Å². The highest BCUT2D eigenvalue weighted by atomic mass is 16.3. The van der Waals surface area contributed by atoms with Crippen molar-refractivity contribution in [1.29, 1.82) is 0 Å². The van der Waals surface area contributed by atoms with Gasteiger partial charge in [0.1, 0.15) is 5.58 Å². The SMILES string of the molecule is CNC(CCC(C)C)c1coc2ccccc12. The maximum absolute atomic E-state index is 5.60. The molecule has 1 aromatic carbocycles. The molecular formula is C15H21NO. The summed E-state index contributed by atoms with van der Waals surface area (Å²) in [4.78, 5) is 0. The van der Waals surface area contributed by atoms with E-state index in [1.165, 1.54) is 17.4 Å². The predicted molar refractivity (Wildman–Crippen MR) is 72.1 cm³/mol. The average Bonchev–Trinajstić information content (AvgIpc) is 2.74. The number of para-hydroxylation sites is 1. The quantitative estimate of drug-likeness (QED) is 0.837. The second-order valence-electron chi connectivity index (χ2n) is 5.00. The third-order valence-corrected chi connectivity index (χ3v) is 3.27. The topological polar surface area (TPSA) is 25.2 Å². The lowest BCUT2D eigenvalue weighted by atomic mass is 9.97. The summed E-state index contributed by atoms with van der Waals surface area (Å²) in [6, 6.07) is 8.62. The first kappa shape index (κ1) is 12.2. The number of hydrogen-bond donors (Lipinski definition) is 1. The molecule has 2 rings (SSSR count). The molecule has 0 saturated heterocycles. The molecule has 1 unspecified atom stereocenters. The summed E-state index contributed by atoms with van der Waals surface area (Å²) in [5, 5.41) is 4.62. The fourth-order valence-corrected chi connectivity index (χ4v) is 2.22. The first-order chi connectivity index (χ1) is 8.22. The molecule has 0 fully saturated rings. The standard InChI is InChI=1S/C15H21NO/c1-11(2)8-9-14(16-3)13-10-17-15-7-5-4-6-12(13)15/h4-7,10-11,14,16H,8-9H2,1-3H3. The van der Waals surface area contributed by atoms with E-state index in [4.69, 9.17) is 4.42 Å². The minimum absolute atomic E-state index is 0.390. The van der Waals surface area contributed by atoms with Gasteiger partial charge in [0, 0.05) is 17.0 Å². The molecule has 0 aliphatic carbocycles. The molecule has 2 aromatic rings. The van der Waals surface area contributed by atoms with Crippen LogP contribution in [0.3, 0.4) is 0 Å². The number of benzene rings is 1. The molecule has 1 aromatic heterocycles. The van der Waals surface area contributed by atoms with E-state index in [0.29, 0.717) is 6.04 Å². The summed E-state index contributed by atoms with van der Waals surface area (Å²) in [5.74, 6) is 0.740. The molecule has 2 nitrogen and oxygen atoms in total. The minimum atomic E-state index is 0.390. The van der Waals surface area contributed by atoms with Crippen molar-refractivity contribution in [3.63, 3.8) is 0 Å². The van der Waals surface area contributed by atoms with Crippen molar-refractivity contribution in [2.75, 3.05) is 7.05 Å². The molecule has 17 heavy (non-hydrogen) atoms. The number of hydrogen-bond acceptors (Lipinski definition) is 2. The molecule has 0 saturated carbocycles. The Bertz CT molecular complexity index is 472. The van der Waals surface area contributed by atoms with Crippen molar-refractivity contribution in [2.45, 2.75) is 32.7 Å². The fourth-order valence-electron chi connectivity index (χ4n) is 2.22. The summed E-state index contributed by atoms with van der Waals surface area (Å²) >= 11 is 0. The van der Waals surface area contributed by atoms with Gasteiger partial charge in [-0.1, -0.05) is 32.0 Å². The normalized spacial score (nSPS) is 13.4. The second kappa shape index (κ2) is 5.37. The van der Waals surface area contributed by atoms with Gasteiger partial charge in [0.05, 0.1) is 6.26 Å². The van der Waals surface area contributed by atoms with E-state index in [1.807, 2.05) is 25.4 Å². The summed E-state index contributed by atoms with van der Waals surface area (Å²) in [6.07, 6.45) is 4.27. The molecule has 0 bridgehead atoms. The highest BCUT2D eigenvalue weighted by molar-refractivity contribution is 5.81. The van der Waals surface area contributed by atoms with Crippen LogP contribution in [0.5, 0.6) is 0 Å². The van der Waals surface area contributed by atoms with E-state index in [1.54, 1.807) is 0 Å². The molecule has 1 N–H and O–H groups in total. The van der Waals surface area contributed by atoms with Crippen molar-refractivity contribution < 1.29 is 4.42 Å². The summed E-state index contributed by atoms with van der Waals surface area (Å²) < 4.78 is 5.60. The molecule has 0 radical (unpaired) electrons. The third-order valence-electron chi connectivity index (χ3n) is 3.27. The molecule has 0 aliphatic heterocycles. The van der Waals surface area contributed by atoms with Crippen LogP contribution < -0.4 is 5.32 Å². The van der Waals surface area contributed by atoms with Crippen LogP contribution in [0.15, 0.2) is 34.9 Å². The van der Waals surface area contributed by atoms with Crippen LogP contribution >= 0.6 is 0 Å². The summed E-state index contributed by atoms with van der Waals surface area (Å²) in [6.45, 7) is 4.53. The van der Waals surface area contributed by atoms with E-state index in [2.05, 4.69) is 31.3 Å². The van der Waals surface area contributed by atoms with Gasteiger partial charge in [-0.25, -0.2) is 0 Å². The molecule has 92 valence electrons. The Balaban J connectivity index is 2.24. The van der Waals surface area contributed by atoms with Gasteiger partial charge in [-0.15, -0.1) is 0 Å². The Labute approximate surface area is 103 Å². The first-order valence-corrected chi connectivity index (χ1v) is 6.35. The van der Waals surface area contributed by atoms with E-state index in [0.717, 1.165) is 17.9 Å². The molecular weight excluding hydrogens is 210 g/mol.